The van der Waals surface area contributed by atoms with Crippen LogP contribution in [0, 0.1) is 5.41 Å². The fourth-order valence-electron chi connectivity index (χ4n) is 6.15. The number of amides is 1. The van der Waals surface area contributed by atoms with Crippen molar-refractivity contribution in [2.24, 2.45) is 5.41 Å². The zero-order valence-electron chi connectivity index (χ0n) is 25.9. The van der Waals surface area contributed by atoms with Crippen molar-refractivity contribution in [1.82, 2.24) is 15.1 Å². The number of nitrogens with zero attached hydrogens (tertiary/aromatic N) is 2. The molecule has 7 heteroatoms. The van der Waals surface area contributed by atoms with Crippen LogP contribution < -0.4 is 14.8 Å². The number of rotatable bonds is 11. The fourth-order valence-corrected chi connectivity index (χ4v) is 6.38. The van der Waals surface area contributed by atoms with Gasteiger partial charge in [0.05, 0.1) is 19.6 Å². The van der Waals surface area contributed by atoms with Crippen LogP contribution in [0.25, 0.3) is 0 Å². The number of ether oxygens (including phenoxy) is 2. The van der Waals surface area contributed by atoms with E-state index < -0.39 is 0 Å². The third-order valence-electron chi connectivity index (χ3n) is 8.86. The summed E-state index contributed by atoms with van der Waals surface area (Å²) in [5.41, 5.74) is 3.58. The number of carbonyl (C=O) groups is 1. The van der Waals surface area contributed by atoms with Crippen molar-refractivity contribution >= 4 is 18.5 Å². The molecule has 0 aliphatic carbocycles. The molecule has 1 unspecified atom stereocenters. The Labute approximate surface area is 263 Å². The first-order valence-corrected chi connectivity index (χ1v) is 15.7. The van der Waals surface area contributed by atoms with Crippen LogP contribution in [-0.4, -0.2) is 63.2 Å². The van der Waals surface area contributed by atoms with Gasteiger partial charge in [0, 0.05) is 24.0 Å². The van der Waals surface area contributed by atoms with E-state index in [2.05, 4.69) is 76.8 Å². The smallest absolute Gasteiger partial charge is 0.229 e. The minimum Gasteiger partial charge on any atom is -0.497 e. The van der Waals surface area contributed by atoms with Crippen LogP contribution in [0.15, 0.2) is 90.3 Å². The highest BCUT2D eigenvalue weighted by atomic mass is 32.1. The van der Waals surface area contributed by atoms with Crippen molar-refractivity contribution in [1.29, 1.82) is 0 Å². The van der Waals surface area contributed by atoms with E-state index in [0.29, 0.717) is 18.5 Å². The first kappa shape index (κ1) is 32.6. The molecule has 43 heavy (non-hydrogen) atoms. The van der Waals surface area contributed by atoms with E-state index in [0.717, 1.165) is 74.7 Å². The van der Waals surface area contributed by atoms with Crippen molar-refractivity contribution in [3.8, 4) is 11.5 Å². The van der Waals surface area contributed by atoms with E-state index in [-0.39, 0.29) is 5.41 Å². The Morgan fingerprint density at radius 2 is 1.63 bits per heavy atom. The van der Waals surface area contributed by atoms with Gasteiger partial charge in [-0.05, 0) is 99.7 Å². The number of thiol groups is 1. The molecule has 6 nitrogen and oxygen atoms in total. The Hall–Kier alpha value is -3.26. The van der Waals surface area contributed by atoms with Crippen LogP contribution in [0.3, 0.4) is 0 Å². The summed E-state index contributed by atoms with van der Waals surface area (Å²) in [6, 6.07) is 25.0. The number of piperidine rings is 1. The van der Waals surface area contributed by atoms with Crippen LogP contribution in [0.2, 0.25) is 0 Å². The highest BCUT2D eigenvalue weighted by molar-refractivity contribution is 7.80. The van der Waals surface area contributed by atoms with Crippen molar-refractivity contribution in [2.75, 3.05) is 47.4 Å². The molecule has 3 aromatic carbocycles. The first-order valence-electron chi connectivity index (χ1n) is 15.2. The summed E-state index contributed by atoms with van der Waals surface area (Å²) in [7, 11) is 5.36. The van der Waals surface area contributed by atoms with Gasteiger partial charge in [0.2, 0.25) is 5.91 Å². The van der Waals surface area contributed by atoms with E-state index in [9.17, 15) is 4.79 Å². The second-order valence-corrected chi connectivity index (χ2v) is 12.0. The third-order valence-corrected chi connectivity index (χ3v) is 9.22. The summed E-state index contributed by atoms with van der Waals surface area (Å²) >= 11 is 4.24. The summed E-state index contributed by atoms with van der Waals surface area (Å²) in [5.74, 6) is 2.03. The van der Waals surface area contributed by atoms with E-state index >= 15 is 0 Å². The van der Waals surface area contributed by atoms with E-state index in [1.54, 1.807) is 14.2 Å². The maximum Gasteiger partial charge on any atom is 0.229 e. The topological polar surface area (TPSA) is 54.0 Å². The quantitative estimate of drug-likeness (QED) is 0.192. The average molecular weight is 602 g/mol. The van der Waals surface area contributed by atoms with Crippen LogP contribution in [0.5, 0.6) is 11.5 Å². The lowest BCUT2D eigenvalue weighted by Gasteiger charge is -2.38. The van der Waals surface area contributed by atoms with Crippen molar-refractivity contribution < 1.29 is 14.3 Å². The molecule has 1 amide bonds. The van der Waals surface area contributed by atoms with Crippen LogP contribution in [0.1, 0.15) is 48.4 Å². The van der Waals surface area contributed by atoms with Gasteiger partial charge in [-0.25, -0.2) is 0 Å². The highest BCUT2D eigenvalue weighted by Gasteiger charge is 2.47. The monoisotopic (exact) mass is 601 g/mol. The van der Waals surface area contributed by atoms with Gasteiger partial charge in [-0.15, -0.1) is 19.2 Å². The molecule has 1 atom stereocenters. The number of carbonyl (C=O) groups excluding carboxylic acids is 1. The Morgan fingerprint density at radius 3 is 2.26 bits per heavy atom. The lowest BCUT2D eigenvalue weighted by Crippen LogP contribution is -2.45. The van der Waals surface area contributed by atoms with Gasteiger partial charge < -0.3 is 24.6 Å². The van der Waals surface area contributed by atoms with E-state index in [1.807, 2.05) is 43.5 Å². The molecule has 0 aromatic heterocycles. The third kappa shape index (κ3) is 8.65. The zero-order chi connectivity index (χ0) is 30.7. The summed E-state index contributed by atoms with van der Waals surface area (Å²) in [6.07, 6.45) is 6.79. The van der Waals surface area contributed by atoms with Crippen molar-refractivity contribution in [3.05, 3.63) is 102 Å². The lowest BCUT2D eigenvalue weighted by molar-refractivity contribution is -0.138. The molecule has 2 saturated heterocycles. The molecule has 1 spiro atoms. The van der Waals surface area contributed by atoms with Gasteiger partial charge in [-0.2, -0.15) is 0 Å². The Kier molecular flexibility index (Phi) is 12.1. The molecular weight excluding hydrogens is 554 g/mol. The fraction of sp³-hybridized carbons (Fsp3) is 0.417. The number of methoxy groups -OCH3 is 2. The number of likely N-dealkylation sites (tertiary alicyclic amines) is 2. The second-order valence-electron chi connectivity index (χ2n) is 11.5. The second kappa shape index (κ2) is 16.0. The minimum absolute atomic E-state index is 0.134. The maximum atomic E-state index is 13.3. The molecule has 2 aliphatic heterocycles. The standard InChI is InChI=1S/C26H35N3O2.C10H12OS/c1-27-24(22-6-4-3-5-7-22)12-16-28-17-13-26(14-18-28)15-19-29(25(26)30)20-21-8-10-23(31-2)11-9-21;1-3-4-8-5-6-10(12)9(7-8)11-2/h3-11,24,27H,12-20H2,1-2H3;3,5-7,12H,1,4H2,2H3. The predicted molar refractivity (Wildman–Crippen MR) is 178 cm³/mol. The summed E-state index contributed by atoms with van der Waals surface area (Å²) in [4.78, 5) is 18.8. The summed E-state index contributed by atoms with van der Waals surface area (Å²) < 4.78 is 10.4. The molecule has 2 heterocycles. The molecule has 230 valence electrons. The molecule has 1 N–H and O–H groups in total. The Morgan fingerprint density at radius 1 is 0.953 bits per heavy atom. The molecular formula is C36H47N3O3S. The van der Waals surface area contributed by atoms with Crippen LogP contribution >= 0.6 is 12.6 Å². The average Bonchev–Trinajstić information content (AvgIpc) is 3.34. The Balaban J connectivity index is 0.000000296. The van der Waals surface area contributed by atoms with Gasteiger partial charge in [0.15, 0.2) is 0 Å². The van der Waals surface area contributed by atoms with Crippen LogP contribution in [0.4, 0.5) is 0 Å². The van der Waals surface area contributed by atoms with Gasteiger partial charge in [0.25, 0.3) is 0 Å². The van der Waals surface area contributed by atoms with Crippen molar-refractivity contribution in [2.45, 2.75) is 49.6 Å². The van der Waals surface area contributed by atoms with E-state index in [1.165, 1.54) is 16.7 Å². The number of benzene rings is 3. The van der Waals surface area contributed by atoms with Crippen LogP contribution in [-0.2, 0) is 17.8 Å². The van der Waals surface area contributed by atoms with Gasteiger partial charge in [0.1, 0.15) is 11.5 Å². The molecule has 0 radical (unpaired) electrons. The normalized spacial score (nSPS) is 16.8. The minimum atomic E-state index is -0.134. The number of allylic oxidation sites excluding steroid dienone is 1. The molecule has 0 bridgehead atoms. The summed E-state index contributed by atoms with van der Waals surface area (Å²) in [5, 5.41) is 3.45. The molecule has 2 aliphatic rings. The largest absolute Gasteiger partial charge is 0.497 e. The molecule has 0 saturated carbocycles. The number of hydrogen-bond donors (Lipinski definition) is 2. The predicted octanol–water partition coefficient (Wildman–Crippen LogP) is 6.57. The van der Waals surface area contributed by atoms with Gasteiger partial charge >= 0.3 is 0 Å². The number of hydrogen-bond acceptors (Lipinski definition) is 6. The summed E-state index contributed by atoms with van der Waals surface area (Å²) in [6.45, 7) is 8.37. The highest BCUT2D eigenvalue weighted by Crippen LogP contribution is 2.42. The lowest BCUT2D eigenvalue weighted by atomic mass is 9.77. The Bertz CT molecular complexity index is 1310. The van der Waals surface area contributed by atoms with Gasteiger partial charge in [-0.3, -0.25) is 4.79 Å². The molecule has 3 aromatic rings. The first-order chi connectivity index (χ1) is 20.9. The van der Waals surface area contributed by atoms with Crippen molar-refractivity contribution in [3.63, 3.8) is 0 Å². The van der Waals surface area contributed by atoms with Gasteiger partial charge in [-0.1, -0.05) is 54.6 Å². The molecule has 2 fully saturated rings. The maximum absolute atomic E-state index is 13.3. The number of nitrogens with one attached hydrogen (secondary N) is 1. The SMILES string of the molecule is C=CCc1ccc(S)c(OC)c1.CNC(CCN1CCC2(CC1)CCN(Cc1ccc(OC)cc1)C2=O)c1ccccc1. The zero-order valence-corrected chi connectivity index (χ0v) is 26.8. The van der Waals surface area contributed by atoms with E-state index in [4.69, 9.17) is 9.47 Å². The molecule has 5 rings (SSSR count).